The van der Waals surface area contributed by atoms with Crippen LogP contribution in [0.2, 0.25) is 5.02 Å². The lowest BCUT2D eigenvalue weighted by Gasteiger charge is -2.31. The third-order valence-electron chi connectivity index (χ3n) is 6.10. The van der Waals surface area contributed by atoms with Gasteiger partial charge in [-0.3, -0.25) is 4.79 Å². The van der Waals surface area contributed by atoms with Crippen molar-refractivity contribution in [3.63, 3.8) is 0 Å². The van der Waals surface area contributed by atoms with Crippen LogP contribution in [0.3, 0.4) is 0 Å². The fourth-order valence-corrected chi connectivity index (χ4v) is 7.46. The van der Waals surface area contributed by atoms with E-state index in [9.17, 15) is 26.4 Å². The van der Waals surface area contributed by atoms with Crippen LogP contribution >= 0.6 is 22.9 Å². The minimum atomic E-state index is -4.65. The number of halogens is 4. The average molecular weight is 558 g/mol. The van der Waals surface area contributed by atoms with Gasteiger partial charge in [0.2, 0.25) is 15.6 Å². The molecule has 1 aliphatic rings. The number of carbonyl (C=O) groups is 1. The summed E-state index contributed by atoms with van der Waals surface area (Å²) in [5.41, 5.74) is 0.293. The maximum atomic E-state index is 13.7. The van der Waals surface area contributed by atoms with Crippen LogP contribution in [0.1, 0.15) is 39.2 Å². The van der Waals surface area contributed by atoms with Crippen LogP contribution in [0.15, 0.2) is 53.6 Å². The quantitative estimate of drug-likeness (QED) is 0.369. The van der Waals surface area contributed by atoms with Crippen LogP contribution in [-0.2, 0) is 16.0 Å². The van der Waals surface area contributed by atoms with E-state index in [-0.39, 0.29) is 21.7 Å². The zero-order valence-electron chi connectivity index (χ0n) is 19.1. The number of hydrogen-bond donors (Lipinski definition) is 2. The topological polar surface area (TPSA) is 88.2 Å². The van der Waals surface area contributed by atoms with E-state index in [0.717, 1.165) is 23.0 Å². The lowest BCUT2D eigenvalue weighted by molar-refractivity contribution is -0.137. The molecule has 0 bridgehead atoms. The second-order valence-corrected chi connectivity index (χ2v) is 12.0. The predicted octanol–water partition coefficient (Wildman–Crippen LogP) is 5.57. The molecule has 1 aliphatic heterocycles. The highest BCUT2D eigenvalue weighted by Gasteiger charge is 2.39. The van der Waals surface area contributed by atoms with Crippen molar-refractivity contribution in [3.05, 3.63) is 75.3 Å². The number of sulfone groups is 1. The Labute approximate surface area is 215 Å². The number of benzene rings is 2. The zero-order chi connectivity index (χ0) is 26.1. The molecular weight excluding hydrogens is 535 g/mol. The third kappa shape index (κ3) is 5.59. The molecule has 12 heteroatoms. The Bertz CT molecular complexity index is 1370. The van der Waals surface area contributed by atoms with Crippen molar-refractivity contribution < 1.29 is 26.4 Å². The Kier molecular flexibility index (Phi) is 7.75. The van der Waals surface area contributed by atoms with Gasteiger partial charge in [0.05, 0.1) is 26.6 Å². The summed E-state index contributed by atoms with van der Waals surface area (Å²) in [4.78, 5) is 17.1. The number of piperidine rings is 1. The van der Waals surface area contributed by atoms with E-state index < -0.39 is 32.0 Å². The molecule has 0 radical (unpaired) electrons. The third-order valence-corrected chi connectivity index (χ3v) is 9.59. The van der Waals surface area contributed by atoms with Gasteiger partial charge in [0.15, 0.2) is 5.13 Å². The van der Waals surface area contributed by atoms with E-state index in [2.05, 4.69) is 15.6 Å². The molecule has 6 nitrogen and oxygen atoms in total. The molecule has 0 amide bonds. The summed E-state index contributed by atoms with van der Waals surface area (Å²) in [5.74, 6) is -0.584. The Morgan fingerprint density at radius 3 is 2.53 bits per heavy atom. The first-order chi connectivity index (χ1) is 17.0. The largest absolute Gasteiger partial charge is 0.416 e. The molecule has 2 heterocycles. The number of nitrogens with one attached hydrogen (secondary N) is 2. The summed E-state index contributed by atoms with van der Waals surface area (Å²) in [7, 11) is -4.22. The molecule has 1 atom stereocenters. The van der Waals surface area contributed by atoms with Gasteiger partial charge in [-0.25, -0.2) is 13.4 Å². The van der Waals surface area contributed by atoms with Gasteiger partial charge < -0.3 is 10.6 Å². The first-order valence-electron chi connectivity index (χ1n) is 11.1. The number of rotatable bonds is 7. The molecule has 192 valence electrons. The SMILES string of the molecule is Cc1ccccc1C(=O)c1cnc(NC(C2CCNCC2)S(=O)(=O)c2ccc(C(F)(F)F)cc2Cl)s1. The fraction of sp³-hybridized carbons (Fsp3) is 0.333. The van der Waals surface area contributed by atoms with Gasteiger partial charge >= 0.3 is 6.18 Å². The average Bonchev–Trinajstić information content (AvgIpc) is 3.31. The highest BCUT2D eigenvalue weighted by Crippen LogP contribution is 2.37. The molecule has 3 aromatic rings. The highest BCUT2D eigenvalue weighted by atomic mass is 35.5. The first-order valence-corrected chi connectivity index (χ1v) is 13.9. The van der Waals surface area contributed by atoms with Crippen molar-refractivity contribution in [2.24, 2.45) is 5.92 Å². The lowest BCUT2D eigenvalue weighted by atomic mass is 9.98. The van der Waals surface area contributed by atoms with Crippen LogP contribution < -0.4 is 10.6 Å². The van der Waals surface area contributed by atoms with Gasteiger partial charge in [-0.15, -0.1) is 0 Å². The van der Waals surface area contributed by atoms with E-state index in [1.54, 1.807) is 12.1 Å². The molecule has 1 fully saturated rings. The predicted molar refractivity (Wildman–Crippen MR) is 133 cm³/mol. The van der Waals surface area contributed by atoms with Gasteiger partial charge in [0.25, 0.3) is 0 Å². The van der Waals surface area contributed by atoms with Gasteiger partial charge in [0.1, 0.15) is 5.37 Å². The van der Waals surface area contributed by atoms with Crippen LogP contribution in [0.4, 0.5) is 18.3 Å². The number of carbonyl (C=O) groups excluding carboxylic acids is 1. The lowest BCUT2D eigenvalue weighted by Crippen LogP contribution is -2.42. The number of aryl methyl sites for hydroxylation is 1. The number of thiazole rings is 1. The molecule has 1 saturated heterocycles. The van der Waals surface area contributed by atoms with Gasteiger partial charge in [-0.2, -0.15) is 13.2 Å². The molecule has 2 N–H and O–H groups in total. The molecule has 2 aromatic carbocycles. The molecule has 0 spiro atoms. The minimum absolute atomic E-state index is 0.224. The Balaban J connectivity index is 1.67. The normalized spacial score (nSPS) is 16.0. The summed E-state index contributed by atoms with van der Waals surface area (Å²) in [6.07, 6.45) is -2.22. The van der Waals surface area contributed by atoms with Gasteiger partial charge in [-0.1, -0.05) is 47.2 Å². The second kappa shape index (κ2) is 10.5. The van der Waals surface area contributed by atoms with Gasteiger partial charge in [0, 0.05) is 5.56 Å². The Morgan fingerprint density at radius 1 is 1.19 bits per heavy atom. The number of ketones is 1. The zero-order valence-corrected chi connectivity index (χ0v) is 21.5. The van der Waals surface area contributed by atoms with E-state index in [1.165, 1.54) is 6.20 Å². The van der Waals surface area contributed by atoms with Crippen LogP contribution in [0, 0.1) is 12.8 Å². The van der Waals surface area contributed by atoms with Crippen LogP contribution in [0.5, 0.6) is 0 Å². The number of aromatic nitrogens is 1. The van der Waals surface area contributed by atoms with Crippen LogP contribution in [0.25, 0.3) is 0 Å². The Morgan fingerprint density at radius 2 is 1.89 bits per heavy atom. The van der Waals surface area contributed by atoms with Crippen molar-refractivity contribution in [2.75, 3.05) is 18.4 Å². The molecule has 1 aromatic heterocycles. The number of hydrogen-bond acceptors (Lipinski definition) is 7. The number of alkyl halides is 3. The standard InChI is InChI=1S/C24H23ClF3N3O3S2/c1-14-4-2-3-5-17(14)21(32)19-13-30-23(35-19)31-22(15-8-10-29-11-9-15)36(33,34)20-7-6-16(12-18(20)25)24(26,27)28/h2-7,12-13,15,22,29H,8-11H2,1H3,(H,30,31). The summed E-state index contributed by atoms with van der Waals surface area (Å²) in [5, 5.41) is 4.66. The first kappa shape index (κ1) is 26.6. The van der Waals surface area contributed by atoms with Crippen molar-refractivity contribution >= 4 is 43.7 Å². The maximum absolute atomic E-state index is 13.7. The molecule has 36 heavy (non-hydrogen) atoms. The van der Waals surface area contributed by atoms with Crippen molar-refractivity contribution in [3.8, 4) is 0 Å². The Hall–Kier alpha value is -2.47. The van der Waals surface area contributed by atoms with Crippen LogP contribution in [-0.4, -0.2) is 37.6 Å². The second-order valence-electron chi connectivity index (χ2n) is 8.51. The molecule has 4 rings (SSSR count). The van der Waals surface area contributed by atoms with Crippen molar-refractivity contribution in [2.45, 2.75) is 36.2 Å². The molecule has 0 aliphatic carbocycles. The fourth-order valence-electron chi connectivity index (χ4n) is 4.17. The minimum Gasteiger partial charge on any atom is -0.345 e. The van der Waals surface area contributed by atoms with E-state index in [4.69, 9.17) is 11.6 Å². The van der Waals surface area contributed by atoms with Gasteiger partial charge in [-0.05, 0) is 62.5 Å². The summed E-state index contributed by atoms with van der Waals surface area (Å²) >= 11 is 7.08. The maximum Gasteiger partial charge on any atom is 0.416 e. The molecule has 0 saturated carbocycles. The van der Waals surface area contributed by atoms with E-state index in [1.807, 2.05) is 19.1 Å². The monoisotopic (exact) mass is 557 g/mol. The number of anilines is 1. The highest BCUT2D eigenvalue weighted by molar-refractivity contribution is 7.92. The van der Waals surface area contributed by atoms with E-state index in [0.29, 0.717) is 48.5 Å². The van der Waals surface area contributed by atoms with E-state index >= 15 is 0 Å². The smallest absolute Gasteiger partial charge is 0.345 e. The summed E-state index contributed by atoms with van der Waals surface area (Å²) < 4.78 is 66.6. The summed E-state index contributed by atoms with van der Waals surface area (Å²) in [6, 6.07) is 9.34. The molecular formula is C24H23ClF3N3O3S2. The van der Waals surface area contributed by atoms with Crippen molar-refractivity contribution in [1.82, 2.24) is 10.3 Å². The van der Waals surface area contributed by atoms with Crippen molar-refractivity contribution in [1.29, 1.82) is 0 Å². The number of nitrogens with zero attached hydrogens (tertiary/aromatic N) is 1. The molecule has 1 unspecified atom stereocenters. The summed E-state index contributed by atoms with van der Waals surface area (Å²) in [6.45, 7) is 3.00.